The molecule has 34 heavy (non-hydrogen) atoms. The van der Waals surface area contributed by atoms with Gasteiger partial charge in [-0.25, -0.2) is 8.42 Å². The monoisotopic (exact) mass is 488 g/mol. The second-order valence-corrected chi connectivity index (χ2v) is 11.1. The molecule has 2 saturated heterocycles. The van der Waals surface area contributed by atoms with Gasteiger partial charge in [0.1, 0.15) is 0 Å². The van der Waals surface area contributed by atoms with Gasteiger partial charge in [-0.2, -0.15) is 4.31 Å². The van der Waals surface area contributed by atoms with Gasteiger partial charge in [-0.05, 0) is 43.7 Å². The van der Waals surface area contributed by atoms with E-state index in [9.17, 15) is 13.2 Å². The Labute approximate surface area is 200 Å². The fourth-order valence-electron chi connectivity index (χ4n) is 5.08. The number of piperazine rings is 1. The number of ether oxygens (including phenoxy) is 2. The fraction of sp³-hybridized carbons (Fsp3) is 0.542. The topological polar surface area (TPSA) is 84.3 Å². The van der Waals surface area contributed by atoms with Gasteiger partial charge in [-0.15, -0.1) is 0 Å². The molecule has 3 aliphatic heterocycles. The van der Waals surface area contributed by atoms with Gasteiger partial charge in [0.25, 0.3) is 0 Å². The lowest BCUT2D eigenvalue weighted by Crippen LogP contribution is -2.52. The van der Waals surface area contributed by atoms with Crippen molar-refractivity contribution in [1.29, 1.82) is 0 Å². The van der Waals surface area contributed by atoms with Crippen LogP contribution in [0.15, 0.2) is 41.4 Å². The number of amides is 1. The number of carbonyl (C=O) groups excluding carboxylic acids is 1. The maximum atomic E-state index is 13.2. The van der Waals surface area contributed by atoms with Crippen molar-refractivity contribution < 1.29 is 22.7 Å². The standard InChI is InChI=1S/C24H32N4O5S/c1-25-9-2-5-20(25)21-6-3-10-27(21)18-24(29)26-11-13-28(14-12-26)34(30,31)19-7-8-22-23(17-19)33-16-4-15-32-22/h2,5,7-9,17,21H,3-4,6,10-16,18H2,1H3/t21-/m0/s1. The molecule has 2 aromatic rings. The molecule has 1 amide bonds. The number of hydrogen-bond donors (Lipinski definition) is 0. The molecule has 4 heterocycles. The summed E-state index contributed by atoms with van der Waals surface area (Å²) >= 11 is 0. The first-order chi connectivity index (χ1) is 16.4. The third-order valence-electron chi connectivity index (χ3n) is 6.98. The van der Waals surface area contributed by atoms with Crippen LogP contribution in [-0.2, 0) is 21.9 Å². The first-order valence-corrected chi connectivity index (χ1v) is 13.4. The highest BCUT2D eigenvalue weighted by Gasteiger charge is 2.34. The van der Waals surface area contributed by atoms with E-state index >= 15 is 0 Å². The molecule has 1 atom stereocenters. The first-order valence-electron chi connectivity index (χ1n) is 12.0. The molecule has 0 aliphatic carbocycles. The van der Waals surface area contributed by atoms with Crippen LogP contribution >= 0.6 is 0 Å². The minimum absolute atomic E-state index is 0.0636. The minimum Gasteiger partial charge on any atom is -0.490 e. The van der Waals surface area contributed by atoms with Gasteiger partial charge in [-0.3, -0.25) is 9.69 Å². The van der Waals surface area contributed by atoms with Crippen molar-refractivity contribution in [2.45, 2.75) is 30.2 Å². The summed E-state index contributed by atoms with van der Waals surface area (Å²) < 4.78 is 41.3. The van der Waals surface area contributed by atoms with Gasteiger partial charge in [-0.1, -0.05) is 0 Å². The lowest BCUT2D eigenvalue weighted by Gasteiger charge is -2.35. The van der Waals surface area contributed by atoms with Crippen LogP contribution in [-0.4, -0.2) is 85.5 Å². The van der Waals surface area contributed by atoms with E-state index in [4.69, 9.17) is 9.47 Å². The summed E-state index contributed by atoms with van der Waals surface area (Å²) in [6.45, 7) is 3.67. The molecule has 0 N–H and O–H groups in total. The van der Waals surface area contributed by atoms with E-state index in [-0.39, 0.29) is 29.9 Å². The predicted octanol–water partition coefficient (Wildman–Crippen LogP) is 1.86. The van der Waals surface area contributed by atoms with Crippen molar-refractivity contribution in [1.82, 2.24) is 18.7 Å². The number of aromatic nitrogens is 1. The van der Waals surface area contributed by atoms with Crippen molar-refractivity contribution in [3.05, 3.63) is 42.2 Å². The lowest BCUT2D eigenvalue weighted by atomic mass is 10.1. The second kappa shape index (κ2) is 9.59. The number of benzene rings is 1. The normalized spacial score (nSPS) is 22.0. The number of carbonyl (C=O) groups is 1. The van der Waals surface area contributed by atoms with Gasteiger partial charge in [0, 0.05) is 57.6 Å². The van der Waals surface area contributed by atoms with E-state index < -0.39 is 10.0 Å². The number of aryl methyl sites for hydroxylation is 1. The van der Waals surface area contributed by atoms with Crippen LogP contribution < -0.4 is 9.47 Å². The van der Waals surface area contributed by atoms with E-state index in [0.717, 1.165) is 25.8 Å². The Hall–Kier alpha value is -2.56. The van der Waals surface area contributed by atoms with Crippen LogP contribution in [0, 0.1) is 0 Å². The number of hydrogen-bond acceptors (Lipinski definition) is 6. The summed E-state index contributed by atoms with van der Waals surface area (Å²) in [5.74, 6) is 1.10. The molecular weight excluding hydrogens is 456 g/mol. The van der Waals surface area contributed by atoms with E-state index in [0.29, 0.717) is 44.3 Å². The number of fused-ring (bicyclic) bond motifs is 1. The van der Waals surface area contributed by atoms with Crippen molar-refractivity contribution in [2.24, 2.45) is 7.05 Å². The SMILES string of the molecule is Cn1cccc1[C@@H]1CCCN1CC(=O)N1CCN(S(=O)(=O)c2ccc3c(c2)OCCCO3)CC1. The smallest absolute Gasteiger partial charge is 0.243 e. The Morgan fingerprint density at radius 2 is 1.76 bits per heavy atom. The Kier molecular flexibility index (Phi) is 6.54. The molecule has 0 spiro atoms. The van der Waals surface area contributed by atoms with E-state index in [1.54, 1.807) is 23.1 Å². The average molecular weight is 489 g/mol. The summed E-state index contributed by atoms with van der Waals surface area (Å²) in [6.07, 6.45) is 4.92. The molecule has 3 aliphatic rings. The average Bonchev–Trinajstić information content (AvgIpc) is 3.39. The molecule has 0 unspecified atom stereocenters. The fourth-order valence-corrected chi connectivity index (χ4v) is 6.51. The summed E-state index contributed by atoms with van der Waals surface area (Å²) in [6, 6.07) is 9.19. The quantitative estimate of drug-likeness (QED) is 0.639. The first kappa shape index (κ1) is 23.2. The molecule has 1 aromatic heterocycles. The van der Waals surface area contributed by atoms with Crippen LogP contribution in [0.5, 0.6) is 11.5 Å². The minimum atomic E-state index is -3.68. The van der Waals surface area contributed by atoms with Crippen molar-refractivity contribution in [3.63, 3.8) is 0 Å². The van der Waals surface area contributed by atoms with Crippen LogP contribution in [0.2, 0.25) is 0 Å². The summed E-state index contributed by atoms with van der Waals surface area (Å²) in [5, 5.41) is 0. The third-order valence-corrected chi connectivity index (χ3v) is 8.87. The molecule has 184 valence electrons. The molecule has 0 radical (unpaired) electrons. The lowest BCUT2D eigenvalue weighted by molar-refractivity contribution is -0.133. The molecule has 0 bridgehead atoms. The van der Waals surface area contributed by atoms with Crippen molar-refractivity contribution in [3.8, 4) is 11.5 Å². The van der Waals surface area contributed by atoms with Crippen molar-refractivity contribution >= 4 is 15.9 Å². The Bertz CT molecular complexity index is 1140. The van der Waals surface area contributed by atoms with Gasteiger partial charge in [0.15, 0.2) is 11.5 Å². The summed E-state index contributed by atoms with van der Waals surface area (Å²) in [4.78, 5) is 17.3. The van der Waals surface area contributed by atoms with E-state index in [2.05, 4.69) is 15.5 Å². The zero-order valence-electron chi connectivity index (χ0n) is 19.6. The highest BCUT2D eigenvalue weighted by Crippen LogP contribution is 2.34. The molecule has 10 heteroatoms. The van der Waals surface area contributed by atoms with Gasteiger partial charge in [0.05, 0.1) is 30.7 Å². The zero-order chi connectivity index (χ0) is 23.7. The maximum absolute atomic E-state index is 13.2. The Balaban J connectivity index is 1.20. The molecule has 5 rings (SSSR count). The zero-order valence-corrected chi connectivity index (χ0v) is 20.4. The summed E-state index contributed by atoms with van der Waals surface area (Å²) in [7, 11) is -1.64. The number of likely N-dealkylation sites (tertiary alicyclic amines) is 1. The molecular formula is C24H32N4O5S. The molecule has 1 aromatic carbocycles. The highest BCUT2D eigenvalue weighted by molar-refractivity contribution is 7.89. The van der Waals surface area contributed by atoms with E-state index in [1.165, 1.54) is 10.00 Å². The highest BCUT2D eigenvalue weighted by atomic mass is 32.2. The second-order valence-electron chi connectivity index (χ2n) is 9.12. The maximum Gasteiger partial charge on any atom is 0.243 e. The van der Waals surface area contributed by atoms with Gasteiger partial charge >= 0.3 is 0 Å². The Morgan fingerprint density at radius 1 is 1.00 bits per heavy atom. The van der Waals surface area contributed by atoms with Crippen LogP contribution in [0.3, 0.4) is 0 Å². The third kappa shape index (κ3) is 4.54. The van der Waals surface area contributed by atoms with Crippen LogP contribution in [0.1, 0.15) is 31.0 Å². The number of nitrogens with zero attached hydrogens (tertiary/aromatic N) is 4. The number of sulfonamides is 1. The summed E-state index contributed by atoms with van der Waals surface area (Å²) in [5.41, 5.74) is 1.23. The molecule has 2 fully saturated rings. The Morgan fingerprint density at radius 3 is 2.50 bits per heavy atom. The van der Waals surface area contributed by atoms with E-state index in [1.807, 2.05) is 19.3 Å². The van der Waals surface area contributed by atoms with Crippen LogP contribution in [0.4, 0.5) is 0 Å². The van der Waals surface area contributed by atoms with Crippen molar-refractivity contribution in [2.75, 3.05) is 52.5 Å². The van der Waals surface area contributed by atoms with Gasteiger partial charge in [0.2, 0.25) is 15.9 Å². The molecule has 9 nitrogen and oxygen atoms in total. The predicted molar refractivity (Wildman–Crippen MR) is 126 cm³/mol. The number of rotatable bonds is 5. The van der Waals surface area contributed by atoms with Crippen LogP contribution in [0.25, 0.3) is 0 Å². The molecule has 0 saturated carbocycles. The largest absolute Gasteiger partial charge is 0.490 e. The van der Waals surface area contributed by atoms with Gasteiger partial charge < -0.3 is 18.9 Å².